The predicted molar refractivity (Wildman–Crippen MR) is 57.3 cm³/mol. The molecule has 0 aromatic heterocycles. The third-order valence-corrected chi connectivity index (χ3v) is 3.36. The molecular formula is C11H22N2O. The Morgan fingerprint density at radius 2 is 2.21 bits per heavy atom. The highest BCUT2D eigenvalue weighted by Gasteiger charge is 2.39. The summed E-state index contributed by atoms with van der Waals surface area (Å²) in [5, 5.41) is 16.5. The van der Waals surface area contributed by atoms with Crippen molar-refractivity contribution < 1.29 is 5.11 Å². The zero-order valence-electron chi connectivity index (χ0n) is 8.89. The summed E-state index contributed by atoms with van der Waals surface area (Å²) in [6.45, 7) is 4.19. The molecule has 1 saturated carbocycles. The van der Waals surface area contributed by atoms with Crippen LogP contribution in [0.2, 0.25) is 0 Å². The molecule has 0 spiro atoms. The van der Waals surface area contributed by atoms with Crippen molar-refractivity contribution in [2.45, 2.75) is 37.7 Å². The zero-order valence-corrected chi connectivity index (χ0v) is 8.89. The van der Waals surface area contributed by atoms with Crippen LogP contribution in [0.5, 0.6) is 0 Å². The van der Waals surface area contributed by atoms with Crippen LogP contribution in [0.1, 0.15) is 32.1 Å². The Morgan fingerprint density at radius 1 is 1.36 bits per heavy atom. The zero-order chi connectivity index (χ0) is 9.86. The van der Waals surface area contributed by atoms with Gasteiger partial charge in [0.1, 0.15) is 0 Å². The topological polar surface area (TPSA) is 44.3 Å². The standard InChI is InChI=1S/C11H22N2O/c14-11(4-5-11)9-13-8-10-3-1-2-6-12-7-10/h10,12-14H,1-9H2. The van der Waals surface area contributed by atoms with Gasteiger partial charge in [0.05, 0.1) is 5.60 Å². The molecule has 2 aliphatic rings. The SMILES string of the molecule is OC1(CNCC2CCCCNC2)CC1. The molecule has 3 N–H and O–H groups in total. The lowest BCUT2D eigenvalue weighted by atomic mass is 10.0. The van der Waals surface area contributed by atoms with E-state index in [1.54, 1.807) is 0 Å². The van der Waals surface area contributed by atoms with Gasteiger partial charge in [-0.2, -0.15) is 0 Å². The lowest BCUT2D eigenvalue weighted by Gasteiger charge is -2.16. The molecule has 1 saturated heterocycles. The Bertz CT molecular complexity index is 172. The van der Waals surface area contributed by atoms with E-state index in [9.17, 15) is 5.11 Å². The van der Waals surface area contributed by atoms with Gasteiger partial charge in [0.2, 0.25) is 0 Å². The molecule has 1 aliphatic carbocycles. The maximum absolute atomic E-state index is 9.64. The summed E-state index contributed by atoms with van der Waals surface area (Å²) in [6.07, 6.45) is 5.98. The minimum absolute atomic E-state index is 0.335. The Morgan fingerprint density at radius 3 is 3.00 bits per heavy atom. The van der Waals surface area contributed by atoms with Gasteiger partial charge < -0.3 is 15.7 Å². The first kappa shape index (κ1) is 10.4. The Balaban J connectivity index is 1.59. The first-order valence-electron chi connectivity index (χ1n) is 5.92. The molecule has 0 aromatic carbocycles. The summed E-state index contributed by atoms with van der Waals surface area (Å²) in [7, 11) is 0. The lowest BCUT2D eigenvalue weighted by molar-refractivity contribution is 0.146. The Labute approximate surface area is 86.3 Å². The van der Waals surface area contributed by atoms with Crippen molar-refractivity contribution in [3.8, 4) is 0 Å². The van der Waals surface area contributed by atoms with E-state index in [1.165, 1.54) is 25.8 Å². The first-order chi connectivity index (χ1) is 6.79. The molecule has 2 fully saturated rings. The molecule has 1 heterocycles. The molecule has 1 unspecified atom stereocenters. The van der Waals surface area contributed by atoms with E-state index in [-0.39, 0.29) is 5.60 Å². The maximum Gasteiger partial charge on any atom is 0.0773 e. The van der Waals surface area contributed by atoms with Crippen LogP contribution >= 0.6 is 0 Å². The van der Waals surface area contributed by atoms with E-state index < -0.39 is 0 Å². The van der Waals surface area contributed by atoms with Crippen LogP contribution in [-0.4, -0.2) is 36.9 Å². The van der Waals surface area contributed by atoms with Crippen molar-refractivity contribution in [2.75, 3.05) is 26.2 Å². The third kappa shape index (κ3) is 3.23. The second-order valence-electron chi connectivity index (χ2n) is 4.92. The van der Waals surface area contributed by atoms with Crippen LogP contribution in [-0.2, 0) is 0 Å². The van der Waals surface area contributed by atoms with E-state index in [1.807, 2.05) is 0 Å². The van der Waals surface area contributed by atoms with E-state index >= 15 is 0 Å². The van der Waals surface area contributed by atoms with Crippen LogP contribution in [0.15, 0.2) is 0 Å². The first-order valence-corrected chi connectivity index (χ1v) is 5.92. The summed E-state index contributed by atoms with van der Waals surface area (Å²) in [6, 6.07) is 0. The average Bonchev–Trinajstić information content (AvgIpc) is 2.92. The average molecular weight is 198 g/mol. The fourth-order valence-corrected chi connectivity index (χ4v) is 2.10. The molecule has 0 radical (unpaired) electrons. The number of hydrogen-bond donors (Lipinski definition) is 3. The van der Waals surface area contributed by atoms with Crippen molar-refractivity contribution in [3.63, 3.8) is 0 Å². The lowest BCUT2D eigenvalue weighted by Crippen LogP contribution is -2.35. The smallest absolute Gasteiger partial charge is 0.0773 e. The van der Waals surface area contributed by atoms with Crippen LogP contribution in [0, 0.1) is 5.92 Å². The third-order valence-electron chi connectivity index (χ3n) is 3.36. The molecule has 3 nitrogen and oxygen atoms in total. The monoisotopic (exact) mass is 198 g/mol. The molecule has 1 atom stereocenters. The Kier molecular flexibility index (Phi) is 3.42. The van der Waals surface area contributed by atoms with Gasteiger partial charge in [-0.3, -0.25) is 0 Å². The van der Waals surface area contributed by atoms with Gasteiger partial charge in [0.25, 0.3) is 0 Å². The van der Waals surface area contributed by atoms with Gasteiger partial charge in [0.15, 0.2) is 0 Å². The van der Waals surface area contributed by atoms with E-state index in [0.29, 0.717) is 0 Å². The normalized spacial score (nSPS) is 31.1. The Hall–Kier alpha value is -0.120. The van der Waals surface area contributed by atoms with E-state index in [2.05, 4.69) is 10.6 Å². The molecule has 2 rings (SSSR count). The van der Waals surface area contributed by atoms with Crippen LogP contribution in [0.3, 0.4) is 0 Å². The number of rotatable bonds is 4. The highest BCUT2D eigenvalue weighted by molar-refractivity contribution is 4.95. The molecular weight excluding hydrogens is 176 g/mol. The molecule has 1 aliphatic heterocycles. The second-order valence-corrected chi connectivity index (χ2v) is 4.92. The molecule has 0 amide bonds. The van der Waals surface area contributed by atoms with Crippen LogP contribution < -0.4 is 10.6 Å². The van der Waals surface area contributed by atoms with Crippen molar-refractivity contribution in [2.24, 2.45) is 5.92 Å². The predicted octanol–water partition coefficient (Wildman–Crippen LogP) is 0.491. The van der Waals surface area contributed by atoms with Gasteiger partial charge >= 0.3 is 0 Å². The van der Waals surface area contributed by atoms with Gasteiger partial charge in [-0.05, 0) is 51.2 Å². The molecule has 0 bridgehead atoms. The van der Waals surface area contributed by atoms with Gasteiger partial charge in [0, 0.05) is 6.54 Å². The summed E-state index contributed by atoms with van der Waals surface area (Å²) < 4.78 is 0. The van der Waals surface area contributed by atoms with Crippen molar-refractivity contribution in [1.82, 2.24) is 10.6 Å². The fourth-order valence-electron chi connectivity index (χ4n) is 2.10. The van der Waals surface area contributed by atoms with Gasteiger partial charge in [-0.25, -0.2) is 0 Å². The highest BCUT2D eigenvalue weighted by atomic mass is 16.3. The highest BCUT2D eigenvalue weighted by Crippen LogP contribution is 2.33. The molecule has 0 aromatic rings. The molecule has 14 heavy (non-hydrogen) atoms. The number of hydrogen-bond acceptors (Lipinski definition) is 3. The van der Waals surface area contributed by atoms with Crippen molar-refractivity contribution in [1.29, 1.82) is 0 Å². The van der Waals surface area contributed by atoms with E-state index in [0.717, 1.165) is 38.4 Å². The van der Waals surface area contributed by atoms with Gasteiger partial charge in [-0.15, -0.1) is 0 Å². The summed E-state index contributed by atoms with van der Waals surface area (Å²) in [5.74, 6) is 0.764. The quantitative estimate of drug-likeness (QED) is 0.616. The van der Waals surface area contributed by atoms with Gasteiger partial charge in [-0.1, -0.05) is 6.42 Å². The van der Waals surface area contributed by atoms with Crippen molar-refractivity contribution in [3.05, 3.63) is 0 Å². The second kappa shape index (κ2) is 4.60. The van der Waals surface area contributed by atoms with Crippen LogP contribution in [0.25, 0.3) is 0 Å². The maximum atomic E-state index is 9.64. The molecule has 3 heteroatoms. The number of nitrogens with one attached hydrogen (secondary N) is 2. The molecule has 82 valence electrons. The fraction of sp³-hybridized carbons (Fsp3) is 1.00. The summed E-state index contributed by atoms with van der Waals surface area (Å²) >= 11 is 0. The van der Waals surface area contributed by atoms with Crippen molar-refractivity contribution >= 4 is 0 Å². The summed E-state index contributed by atoms with van der Waals surface area (Å²) in [5.41, 5.74) is -0.335. The summed E-state index contributed by atoms with van der Waals surface area (Å²) in [4.78, 5) is 0. The minimum atomic E-state index is -0.335. The van der Waals surface area contributed by atoms with E-state index in [4.69, 9.17) is 0 Å². The number of aliphatic hydroxyl groups is 1. The van der Waals surface area contributed by atoms with Crippen LogP contribution in [0.4, 0.5) is 0 Å². The largest absolute Gasteiger partial charge is 0.389 e. The minimum Gasteiger partial charge on any atom is -0.389 e.